The maximum Gasteiger partial charge on any atom is 0.127 e. The van der Waals surface area contributed by atoms with Crippen molar-refractivity contribution in [2.24, 2.45) is 5.92 Å². The fourth-order valence-electron chi connectivity index (χ4n) is 1.66. The molecular weight excluding hydrogens is 269 g/mol. The summed E-state index contributed by atoms with van der Waals surface area (Å²) in [4.78, 5) is 0. The van der Waals surface area contributed by atoms with E-state index in [9.17, 15) is 4.39 Å². The molecule has 1 aromatic carbocycles. The highest BCUT2D eigenvalue weighted by Gasteiger charge is 2.13. The molecule has 0 amide bonds. The molecule has 0 aromatic heterocycles. The topological polar surface area (TPSA) is 12.0 Å². The average Bonchev–Trinajstić information content (AvgIpc) is 2.31. The largest absolute Gasteiger partial charge is 0.316 e. The lowest BCUT2D eigenvalue weighted by atomic mass is 10.1. The molecule has 0 bridgehead atoms. The van der Waals surface area contributed by atoms with Gasteiger partial charge in [0, 0.05) is 22.4 Å². The number of hydrogen-bond donors (Lipinski definition) is 1. The summed E-state index contributed by atoms with van der Waals surface area (Å²) >= 11 is 7.94. The third kappa shape index (κ3) is 5.17. The van der Waals surface area contributed by atoms with Gasteiger partial charge in [0.1, 0.15) is 5.82 Å². The number of likely N-dealkylation sites (N-methyl/N-ethyl adjacent to an activating group) is 1. The van der Waals surface area contributed by atoms with Gasteiger partial charge in [-0.3, -0.25) is 0 Å². The lowest BCUT2D eigenvalue weighted by Crippen LogP contribution is -2.30. The summed E-state index contributed by atoms with van der Waals surface area (Å²) in [5.74, 6) is 2.57. The number of halogens is 2. The highest BCUT2D eigenvalue weighted by atomic mass is 35.5. The van der Waals surface area contributed by atoms with E-state index >= 15 is 0 Å². The van der Waals surface area contributed by atoms with E-state index in [0.29, 0.717) is 22.9 Å². The van der Waals surface area contributed by atoms with Crippen LogP contribution in [0.4, 0.5) is 4.39 Å². The Morgan fingerprint density at radius 1 is 1.33 bits per heavy atom. The van der Waals surface area contributed by atoms with Gasteiger partial charge in [-0.1, -0.05) is 31.5 Å². The third-order valence-corrected chi connectivity index (χ3v) is 4.59. The van der Waals surface area contributed by atoms with Crippen molar-refractivity contribution in [1.82, 2.24) is 5.32 Å². The Balaban J connectivity index is 2.57. The minimum atomic E-state index is -0.211. The smallest absolute Gasteiger partial charge is 0.127 e. The molecule has 4 heteroatoms. The zero-order chi connectivity index (χ0) is 13.5. The van der Waals surface area contributed by atoms with Crippen LogP contribution >= 0.6 is 23.4 Å². The quantitative estimate of drug-likeness (QED) is 0.814. The molecule has 18 heavy (non-hydrogen) atoms. The Labute approximate surface area is 118 Å². The molecule has 0 spiro atoms. The summed E-state index contributed by atoms with van der Waals surface area (Å²) in [6.07, 6.45) is 0.632. The maximum absolute atomic E-state index is 13.7. The first-order valence-electron chi connectivity index (χ1n) is 6.22. The molecular formula is C14H21ClFNS. The first-order chi connectivity index (χ1) is 8.54. The Bertz CT molecular complexity index is 351. The van der Waals surface area contributed by atoms with Gasteiger partial charge in [0.05, 0.1) is 0 Å². The number of rotatable bonds is 7. The van der Waals surface area contributed by atoms with Crippen molar-refractivity contribution in [2.45, 2.75) is 26.3 Å². The van der Waals surface area contributed by atoms with Gasteiger partial charge in [0.2, 0.25) is 0 Å². The van der Waals surface area contributed by atoms with Gasteiger partial charge < -0.3 is 5.32 Å². The summed E-state index contributed by atoms with van der Waals surface area (Å²) in [7, 11) is 1.91. The molecule has 0 heterocycles. The van der Waals surface area contributed by atoms with E-state index < -0.39 is 0 Å². The molecule has 1 unspecified atom stereocenters. The molecule has 0 aliphatic rings. The van der Waals surface area contributed by atoms with E-state index in [1.165, 1.54) is 6.07 Å². The molecule has 0 radical (unpaired) electrons. The molecule has 1 aromatic rings. The van der Waals surface area contributed by atoms with Crippen LogP contribution in [0.15, 0.2) is 18.2 Å². The second kappa shape index (κ2) is 8.03. The molecule has 1 nitrogen and oxygen atoms in total. The van der Waals surface area contributed by atoms with Crippen LogP contribution in [0.1, 0.15) is 19.4 Å². The monoisotopic (exact) mass is 289 g/mol. The summed E-state index contributed by atoms with van der Waals surface area (Å²) < 4.78 is 13.7. The van der Waals surface area contributed by atoms with Gasteiger partial charge in [-0.05, 0) is 37.3 Å². The van der Waals surface area contributed by atoms with Crippen LogP contribution in [0.2, 0.25) is 5.02 Å². The minimum absolute atomic E-state index is 0.211. The highest BCUT2D eigenvalue weighted by molar-refractivity contribution is 7.99. The summed E-state index contributed by atoms with van der Waals surface area (Å²) in [6.45, 7) is 4.41. The molecule has 0 saturated carbocycles. The normalized spacial score (nSPS) is 13.0. The Kier molecular flexibility index (Phi) is 7.05. The molecule has 0 aliphatic heterocycles. The van der Waals surface area contributed by atoms with Crippen LogP contribution < -0.4 is 5.32 Å². The van der Waals surface area contributed by atoms with Gasteiger partial charge in [0.25, 0.3) is 0 Å². The van der Waals surface area contributed by atoms with E-state index in [1.54, 1.807) is 12.1 Å². The van der Waals surface area contributed by atoms with Gasteiger partial charge >= 0.3 is 0 Å². The van der Waals surface area contributed by atoms with Gasteiger partial charge in [0.15, 0.2) is 0 Å². The second-order valence-electron chi connectivity index (χ2n) is 4.82. The van der Waals surface area contributed by atoms with Gasteiger partial charge in [-0.15, -0.1) is 0 Å². The second-order valence-corrected chi connectivity index (χ2v) is 6.30. The number of thioether (sulfide) groups is 1. The van der Waals surface area contributed by atoms with Crippen molar-refractivity contribution in [3.8, 4) is 0 Å². The van der Waals surface area contributed by atoms with Crippen LogP contribution in [0.25, 0.3) is 0 Å². The lowest BCUT2D eigenvalue weighted by Gasteiger charge is -2.17. The van der Waals surface area contributed by atoms with Gasteiger partial charge in [-0.25, -0.2) is 4.39 Å². The minimum Gasteiger partial charge on any atom is -0.316 e. The molecule has 0 fully saturated rings. The zero-order valence-corrected chi connectivity index (χ0v) is 12.7. The summed E-state index contributed by atoms with van der Waals surface area (Å²) in [5.41, 5.74) is 0.615. The van der Waals surface area contributed by atoms with E-state index in [4.69, 9.17) is 11.6 Å². The van der Waals surface area contributed by atoms with Gasteiger partial charge in [-0.2, -0.15) is 11.8 Å². The van der Waals surface area contributed by atoms with E-state index in [-0.39, 0.29) is 11.9 Å². The first-order valence-corrected chi connectivity index (χ1v) is 7.75. The number of nitrogens with one attached hydrogen (secondary N) is 1. The van der Waals surface area contributed by atoms with Crippen LogP contribution in [-0.4, -0.2) is 24.6 Å². The Hall–Kier alpha value is -0.250. The van der Waals surface area contributed by atoms with Crippen molar-refractivity contribution < 1.29 is 4.39 Å². The fourth-order valence-corrected chi connectivity index (χ4v) is 3.08. The van der Waals surface area contributed by atoms with Crippen molar-refractivity contribution in [1.29, 1.82) is 0 Å². The molecule has 1 atom stereocenters. The zero-order valence-electron chi connectivity index (χ0n) is 11.2. The van der Waals surface area contributed by atoms with Crippen LogP contribution in [0, 0.1) is 11.7 Å². The van der Waals surface area contributed by atoms with Crippen molar-refractivity contribution in [3.05, 3.63) is 34.6 Å². The van der Waals surface area contributed by atoms with E-state index in [0.717, 1.165) is 11.5 Å². The van der Waals surface area contributed by atoms with E-state index in [2.05, 4.69) is 19.2 Å². The summed E-state index contributed by atoms with van der Waals surface area (Å²) in [5, 5.41) is 3.75. The van der Waals surface area contributed by atoms with Crippen molar-refractivity contribution in [3.63, 3.8) is 0 Å². The molecule has 102 valence electrons. The van der Waals surface area contributed by atoms with Crippen LogP contribution in [-0.2, 0) is 6.42 Å². The standard InChI is InChI=1S/C14H21ClFNS/c1-10(2)8-18-9-11(17-3)7-12-13(15)5-4-6-14(12)16/h4-6,10-11,17H,7-9H2,1-3H3. The number of benzene rings is 1. The first kappa shape index (κ1) is 15.8. The van der Waals surface area contributed by atoms with Crippen LogP contribution in [0.3, 0.4) is 0 Å². The highest BCUT2D eigenvalue weighted by Crippen LogP contribution is 2.21. The predicted molar refractivity (Wildman–Crippen MR) is 80.1 cm³/mol. The van der Waals surface area contributed by atoms with Crippen molar-refractivity contribution >= 4 is 23.4 Å². The molecule has 0 saturated heterocycles. The molecule has 0 aliphatic carbocycles. The third-order valence-electron chi connectivity index (χ3n) is 2.69. The molecule has 1 N–H and O–H groups in total. The Morgan fingerprint density at radius 2 is 2.06 bits per heavy atom. The van der Waals surface area contributed by atoms with E-state index in [1.807, 2.05) is 18.8 Å². The maximum atomic E-state index is 13.7. The number of hydrogen-bond acceptors (Lipinski definition) is 2. The SMILES string of the molecule is CNC(CSCC(C)C)Cc1c(F)cccc1Cl. The molecule has 1 rings (SSSR count). The summed E-state index contributed by atoms with van der Waals surface area (Å²) in [6, 6.07) is 5.11. The fraction of sp³-hybridized carbons (Fsp3) is 0.571. The average molecular weight is 290 g/mol. The van der Waals surface area contributed by atoms with Crippen molar-refractivity contribution in [2.75, 3.05) is 18.6 Å². The van der Waals surface area contributed by atoms with Crippen LogP contribution in [0.5, 0.6) is 0 Å². The Morgan fingerprint density at radius 3 is 2.61 bits per heavy atom. The predicted octanol–water partition coefficient (Wildman–Crippen LogP) is 4.00. The lowest BCUT2D eigenvalue weighted by molar-refractivity contribution is 0.568.